The van der Waals surface area contributed by atoms with Crippen LogP contribution in [0.3, 0.4) is 0 Å². The van der Waals surface area contributed by atoms with Crippen molar-refractivity contribution in [3.63, 3.8) is 0 Å². The van der Waals surface area contributed by atoms with Crippen molar-refractivity contribution in [3.05, 3.63) is 0 Å². The summed E-state index contributed by atoms with van der Waals surface area (Å²) in [5, 5.41) is 12.4. The van der Waals surface area contributed by atoms with Crippen LogP contribution in [0.25, 0.3) is 0 Å². The third-order valence-electron chi connectivity index (χ3n) is 13.1. The highest BCUT2D eigenvalue weighted by molar-refractivity contribution is 6.74. The molecule has 0 aromatic carbocycles. The molecule has 0 spiro atoms. The third kappa shape index (κ3) is 4.54. The molecular formula is C32H60O2Si. The number of rotatable bonds is 6. The Morgan fingerprint density at radius 2 is 1.57 bits per heavy atom. The van der Waals surface area contributed by atoms with E-state index < -0.39 is 8.32 Å². The summed E-state index contributed by atoms with van der Waals surface area (Å²) >= 11 is 0. The van der Waals surface area contributed by atoms with Crippen molar-refractivity contribution in [1.29, 1.82) is 0 Å². The van der Waals surface area contributed by atoms with Crippen LogP contribution >= 0.6 is 0 Å². The van der Waals surface area contributed by atoms with Gasteiger partial charge >= 0.3 is 0 Å². The lowest BCUT2D eigenvalue weighted by atomic mass is 9.41. The lowest BCUT2D eigenvalue weighted by Crippen LogP contribution is -2.62. The number of hydrogen-bond acceptors (Lipinski definition) is 2. The molecule has 0 aromatic rings. The maximum Gasteiger partial charge on any atom is 0.192 e. The summed E-state index contributed by atoms with van der Waals surface area (Å²) < 4.78 is 7.01. The molecule has 204 valence electrons. The van der Waals surface area contributed by atoms with Gasteiger partial charge in [0.15, 0.2) is 8.32 Å². The van der Waals surface area contributed by atoms with Crippen LogP contribution in [0.4, 0.5) is 0 Å². The van der Waals surface area contributed by atoms with Crippen LogP contribution in [0.5, 0.6) is 0 Å². The predicted molar refractivity (Wildman–Crippen MR) is 152 cm³/mol. The number of fused-ring (bicyclic) bond motifs is 5. The van der Waals surface area contributed by atoms with Crippen molar-refractivity contribution in [3.8, 4) is 0 Å². The van der Waals surface area contributed by atoms with Crippen LogP contribution < -0.4 is 0 Å². The Morgan fingerprint density at radius 3 is 2.17 bits per heavy atom. The minimum Gasteiger partial charge on any atom is -0.414 e. The zero-order valence-electron chi connectivity index (χ0n) is 25.1. The highest BCUT2D eigenvalue weighted by Gasteiger charge is 2.65. The molecule has 2 nitrogen and oxygen atoms in total. The number of aliphatic hydroxyl groups excluding tert-OH is 1. The Bertz CT molecular complexity index is 742. The van der Waals surface area contributed by atoms with Crippen molar-refractivity contribution in [1.82, 2.24) is 0 Å². The van der Waals surface area contributed by atoms with Gasteiger partial charge in [0.25, 0.3) is 0 Å². The van der Waals surface area contributed by atoms with Crippen LogP contribution in [-0.2, 0) is 4.43 Å². The van der Waals surface area contributed by atoms with Crippen molar-refractivity contribution >= 4 is 8.32 Å². The molecule has 0 amide bonds. The van der Waals surface area contributed by atoms with Gasteiger partial charge in [0.1, 0.15) is 0 Å². The van der Waals surface area contributed by atoms with Gasteiger partial charge in [0, 0.05) is 6.10 Å². The fraction of sp³-hybridized carbons (Fsp3) is 1.00. The number of hydrogen-bond donors (Lipinski definition) is 1. The van der Waals surface area contributed by atoms with E-state index >= 15 is 0 Å². The first-order chi connectivity index (χ1) is 16.2. The maximum absolute atomic E-state index is 12.1. The Balaban J connectivity index is 1.59. The summed E-state index contributed by atoms with van der Waals surface area (Å²) in [4.78, 5) is 0. The SMILES string of the molecule is CCC[C@@H](C)C1CCC2C3C(O)[C@H](CC)C4C[C@H](O[Si](C)(C)C(C)(C)C)CC[C@]4(C)C3CC[C@@]21C. The largest absolute Gasteiger partial charge is 0.414 e. The van der Waals surface area contributed by atoms with Crippen LogP contribution in [0.15, 0.2) is 0 Å². The van der Waals surface area contributed by atoms with Gasteiger partial charge in [0.2, 0.25) is 0 Å². The average Bonchev–Trinajstić information content (AvgIpc) is 3.11. The zero-order valence-corrected chi connectivity index (χ0v) is 26.1. The second-order valence-corrected chi connectivity index (χ2v) is 20.5. The highest BCUT2D eigenvalue weighted by atomic mass is 28.4. The molecule has 0 radical (unpaired) electrons. The topological polar surface area (TPSA) is 29.5 Å². The van der Waals surface area contributed by atoms with Gasteiger partial charge in [-0.15, -0.1) is 0 Å². The molecular weight excluding hydrogens is 444 g/mol. The summed E-state index contributed by atoms with van der Waals surface area (Å²) in [6, 6.07) is 0. The van der Waals surface area contributed by atoms with Gasteiger partial charge in [0.05, 0.1) is 6.10 Å². The van der Waals surface area contributed by atoms with Crippen molar-refractivity contribution in [2.45, 2.75) is 150 Å². The third-order valence-corrected chi connectivity index (χ3v) is 17.7. The molecule has 0 bridgehead atoms. The highest BCUT2D eigenvalue weighted by Crippen LogP contribution is 2.69. The number of aliphatic hydroxyl groups is 1. The average molecular weight is 505 g/mol. The molecule has 0 heterocycles. The van der Waals surface area contributed by atoms with E-state index in [1.54, 1.807) is 0 Å². The maximum atomic E-state index is 12.1. The van der Waals surface area contributed by atoms with Crippen molar-refractivity contribution in [2.75, 3.05) is 0 Å². The Labute approximate surface area is 219 Å². The second kappa shape index (κ2) is 9.71. The molecule has 3 heteroatoms. The standard InChI is InChI=1S/C32H60O2Si/c1-11-13-21(3)24-14-15-25-28-26(17-19-31(24,25)7)32(8)18-16-22(34-35(9,10)30(4,5)6)20-27(32)23(12-2)29(28)33/h21-29,33H,11-20H2,1-10H3/t21-,22-,23-,24?,25?,26?,27?,28?,29?,31-,32-/m1/s1. The molecule has 35 heavy (non-hydrogen) atoms. The monoisotopic (exact) mass is 504 g/mol. The fourth-order valence-electron chi connectivity index (χ4n) is 10.3. The van der Waals surface area contributed by atoms with Gasteiger partial charge in [-0.05, 0) is 115 Å². The lowest BCUT2D eigenvalue weighted by molar-refractivity contribution is -0.202. The zero-order chi connectivity index (χ0) is 26.0. The van der Waals surface area contributed by atoms with Crippen LogP contribution in [0, 0.1) is 52.3 Å². The Kier molecular flexibility index (Phi) is 7.81. The molecule has 0 aromatic heterocycles. The molecule has 0 saturated heterocycles. The smallest absolute Gasteiger partial charge is 0.192 e. The summed E-state index contributed by atoms with van der Waals surface area (Å²) in [7, 11) is -1.77. The predicted octanol–water partition coefficient (Wildman–Crippen LogP) is 9.08. The van der Waals surface area contributed by atoms with Gasteiger partial charge in [-0.2, -0.15) is 0 Å². The second-order valence-electron chi connectivity index (χ2n) is 15.7. The first-order valence-electron chi connectivity index (χ1n) is 15.6. The molecule has 4 saturated carbocycles. The van der Waals surface area contributed by atoms with Crippen LogP contribution in [0.2, 0.25) is 18.1 Å². The van der Waals surface area contributed by atoms with E-state index in [0.717, 1.165) is 24.2 Å². The summed E-state index contributed by atoms with van der Waals surface area (Å²) in [6.45, 7) is 24.5. The van der Waals surface area contributed by atoms with Crippen molar-refractivity contribution in [2.24, 2.45) is 52.3 Å². The van der Waals surface area contributed by atoms with Crippen LogP contribution in [0.1, 0.15) is 120 Å². The molecule has 6 unspecified atom stereocenters. The quantitative estimate of drug-likeness (QED) is 0.365. The van der Waals surface area contributed by atoms with E-state index in [9.17, 15) is 5.11 Å². The molecule has 4 aliphatic carbocycles. The Morgan fingerprint density at radius 1 is 0.943 bits per heavy atom. The minimum atomic E-state index is -1.77. The van der Waals surface area contributed by atoms with E-state index in [-0.39, 0.29) is 11.1 Å². The molecule has 1 N–H and O–H groups in total. The molecule has 0 aliphatic heterocycles. The first-order valence-corrected chi connectivity index (χ1v) is 18.5. The summed E-state index contributed by atoms with van der Waals surface area (Å²) in [6.07, 6.45) is 13.3. The van der Waals surface area contributed by atoms with Gasteiger partial charge in [-0.25, -0.2) is 0 Å². The van der Waals surface area contributed by atoms with E-state index in [4.69, 9.17) is 4.43 Å². The lowest BCUT2D eigenvalue weighted by Gasteiger charge is -2.65. The fourth-order valence-corrected chi connectivity index (χ4v) is 11.7. The van der Waals surface area contributed by atoms with Crippen molar-refractivity contribution < 1.29 is 9.53 Å². The van der Waals surface area contributed by atoms with Gasteiger partial charge in [-0.1, -0.05) is 74.7 Å². The normalized spacial score (nSPS) is 47.1. The first kappa shape index (κ1) is 28.2. The molecule has 4 rings (SSSR count). The van der Waals surface area contributed by atoms with Gasteiger partial charge in [-0.3, -0.25) is 0 Å². The Hall–Kier alpha value is 0.137. The molecule has 4 fully saturated rings. The summed E-state index contributed by atoms with van der Waals surface area (Å²) in [5.74, 6) is 4.72. The van der Waals surface area contributed by atoms with Crippen LogP contribution in [-0.4, -0.2) is 25.6 Å². The molecule has 4 aliphatic rings. The summed E-state index contributed by atoms with van der Waals surface area (Å²) in [5.41, 5.74) is 0.827. The molecule has 11 atom stereocenters. The van der Waals surface area contributed by atoms with E-state index in [1.165, 1.54) is 57.8 Å². The van der Waals surface area contributed by atoms with Gasteiger partial charge < -0.3 is 9.53 Å². The van der Waals surface area contributed by atoms with E-state index in [2.05, 4.69) is 68.5 Å². The van der Waals surface area contributed by atoms with E-state index in [1.807, 2.05) is 0 Å². The van der Waals surface area contributed by atoms with E-state index in [0.29, 0.717) is 40.6 Å². The minimum absolute atomic E-state index is 0.112.